The van der Waals surface area contributed by atoms with E-state index in [-0.39, 0.29) is 11.0 Å². The molecule has 0 bridgehead atoms. The van der Waals surface area contributed by atoms with Crippen molar-refractivity contribution in [3.63, 3.8) is 0 Å². The van der Waals surface area contributed by atoms with E-state index in [2.05, 4.69) is 37.9 Å². The lowest BCUT2D eigenvalue weighted by Crippen LogP contribution is -2.22. The van der Waals surface area contributed by atoms with Crippen LogP contribution in [0.25, 0.3) is 22.1 Å². The quantitative estimate of drug-likeness (QED) is 0.282. The first-order valence-corrected chi connectivity index (χ1v) is 12.6. The summed E-state index contributed by atoms with van der Waals surface area (Å²) >= 11 is 1.41. The Kier molecular flexibility index (Phi) is 6.31. The number of thiazole rings is 1. The summed E-state index contributed by atoms with van der Waals surface area (Å²) in [7, 11) is 0. The van der Waals surface area contributed by atoms with Crippen LogP contribution in [0.3, 0.4) is 0 Å². The number of hydrogen-bond acceptors (Lipinski definition) is 5. The molecule has 0 N–H and O–H groups in total. The maximum Gasteiger partial charge on any atom is 0.274 e. The molecule has 0 spiro atoms. The van der Waals surface area contributed by atoms with Crippen LogP contribution in [0.5, 0.6) is 11.5 Å². The molecule has 2 aromatic heterocycles. The third kappa shape index (κ3) is 5.08. The van der Waals surface area contributed by atoms with Gasteiger partial charge in [0.05, 0.1) is 28.8 Å². The summed E-state index contributed by atoms with van der Waals surface area (Å²) in [6.45, 7) is 7.78. The van der Waals surface area contributed by atoms with Gasteiger partial charge in [0.15, 0.2) is 4.96 Å². The number of rotatable bonds is 7. The minimum absolute atomic E-state index is 0.0351. The van der Waals surface area contributed by atoms with Crippen LogP contribution in [0.4, 0.5) is 0 Å². The van der Waals surface area contributed by atoms with E-state index in [0.717, 1.165) is 39.5 Å². The van der Waals surface area contributed by atoms with Gasteiger partial charge in [0, 0.05) is 6.42 Å². The molecule has 0 aliphatic heterocycles. The van der Waals surface area contributed by atoms with Crippen LogP contribution in [0.15, 0.2) is 77.6 Å². The molecule has 0 saturated carbocycles. The van der Waals surface area contributed by atoms with Gasteiger partial charge in [-0.15, -0.1) is 0 Å². The standard InChI is InChI=1S/C29H28N2O3S/c1-29(2,3)21-11-15-23(16-12-21)34-18-6-17-33-22-13-9-20(10-14-22)19-26-27(32)31-25-8-5-4-7-24(25)30-28(31)35-26/h4-5,7-16,19H,6,17-18H2,1-3H3/b26-19+. The van der Waals surface area contributed by atoms with Crippen LogP contribution in [0, 0.1) is 0 Å². The summed E-state index contributed by atoms with van der Waals surface area (Å²) in [6.07, 6.45) is 2.69. The summed E-state index contributed by atoms with van der Waals surface area (Å²) in [5.41, 5.74) is 4.03. The van der Waals surface area contributed by atoms with Crippen LogP contribution < -0.4 is 19.6 Å². The highest BCUT2D eigenvalue weighted by Crippen LogP contribution is 2.24. The number of para-hydroxylation sites is 2. The Morgan fingerprint density at radius 2 is 1.51 bits per heavy atom. The summed E-state index contributed by atoms with van der Waals surface area (Å²) in [5.74, 6) is 1.68. The minimum atomic E-state index is -0.0351. The largest absolute Gasteiger partial charge is 0.493 e. The molecule has 178 valence electrons. The second-order valence-electron chi connectivity index (χ2n) is 9.53. The van der Waals surface area contributed by atoms with Gasteiger partial charge in [0.1, 0.15) is 11.5 Å². The molecule has 0 aliphatic carbocycles. The van der Waals surface area contributed by atoms with E-state index in [1.54, 1.807) is 4.40 Å². The first kappa shape index (κ1) is 23.1. The van der Waals surface area contributed by atoms with Crippen molar-refractivity contribution in [3.05, 3.63) is 98.8 Å². The normalized spacial score (nSPS) is 12.5. The van der Waals surface area contributed by atoms with Gasteiger partial charge in [0.2, 0.25) is 0 Å². The smallest absolute Gasteiger partial charge is 0.274 e. The Morgan fingerprint density at radius 1 is 0.886 bits per heavy atom. The highest BCUT2D eigenvalue weighted by molar-refractivity contribution is 7.15. The number of nitrogens with zero attached hydrogens (tertiary/aromatic N) is 2. The van der Waals surface area contributed by atoms with E-state index in [9.17, 15) is 4.79 Å². The number of benzene rings is 3. The highest BCUT2D eigenvalue weighted by Gasteiger charge is 2.13. The van der Waals surface area contributed by atoms with Crippen molar-refractivity contribution < 1.29 is 9.47 Å². The number of fused-ring (bicyclic) bond motifs is 3. The van der Waals surface area contributed by atoms with Crippen LogP contribution in [0.2, 0.25) is 0 Å². The van der Waals surface area contributed by atoms with Crippen molar-refractivity contribution in [2.45, 2.75) is 32.6 Å². The van der Waals surface area contributed by atoms with Crippen LogP contribution >= 0.6 is 11.3 Å². The molecular weight excluding hydrogens is 456 g/mol. The molecule has 0 saturated heterocycles. The summed E-state index contributed by atoms with van der Waals surface area (Å²) < 4.78 is 14.0. The van der Waals surface area contributed by atoms with Crippen molar-refractivity contribution in [3.8, 4) is 11.5 Å². The Bertz CT molecular complexity index is 1560. The minimum Gasteiger partial charge on any atom is -0.493 e. The molecule has 0 unspecified atom stereocenters. The number of aromatic nitrogens is 2. The van der Waals surface area contributed by atoms with E-state index in [4.69, 9.17) is 9.47 Å². The van der Waals surface area contributed by atoms with Crippen molar-refractivity contribution in [2.75, 3.05) is 13.2 Å². The van der Waals surface area contributed by atoms with Gasteiger partial charge in [-0.1, -0.05) is 68.5 Å². The van der Waals surface area contributed by atoms with Gasteiger partial charge in [-0.05, 0) is 59.0 Å². The zero-order valence-corrected chi connectivity index (χ0v) is 21.0. The molecule has 0 amide bonds. The Hall–Kier alpha value is -3.64. The average Bonchev–Trinajstić information content (AvgIpc) is 3.35. The van der Waals surface area contributed by atoms with E-state index >= 15 is 0 Å². The average molecular weight is 485 g/mol. The second kappa shape index (κ2) is 9.55. The lowest BCUT2D eigenvalue weighted by Gasteiger charge is -2.19. The molecule has 0 radical (unpaired) electrons. The highest BCUT2D eigenvalue weighted by atomic mass is 32.1. The molecule has 5 nitrogen and oxygen atoms in total. The number of ether oxygens (including phenoxy) is 2. The predicted molar refractivity (Wildman–Crippen MR) is 143 cm³/mol. The topological polar surface area (TPSA) is 52.8 Å². The summed E-state index contributed by atoms with van der Waals surface area (Å²) in [4.78, 5) is 18.2. The molecular formula is C29H28N2O3S. The fourth-order valence-electron chi connectivity index (χ4n) is 3.91. The lowest BCUT2D eigenvalue weighted by atomic mass is 9.87. The van der Waals surface area contributed by atoms with Crippen LogP contribution in [-0.2, 0) is 5.41 Å². The van der Waals surface area contributed by atoms with E-state index in [0.29, 0.717) is 17.7 Å². The molecule has 0 fully saturated rings. The van der Waals surface area contributed by atoms with Crippen LogP contribution in [-0.4, -0.2) is 22.6 Å². The van der Waals surface area contributed by atoms with E-state index in [1.165, 1.54) is 16.9 Å². The van der Waals surface area contributed by atoms with Crippen molar-refractivity contribution in [1.29, 1.82) is 0 Å². The lowest BCUT2D eigenvalue weighted by molar-refractivity contribution is 0.247. The molecule has 5 aromatic rings. The Labute approximate surface area is 208 Å². The molecule has 3 aromatic carbocycles. The molecule has 5 rings (SSSR count). The van der Waals surface area contributed by atoms with E-state index in [1.807, 2.05) is 66.7 Å². The van der Waals surface area contributed by atoms with Gasteiger partial charge < -0.3 is 9.47 Å². The van der Waals surface area contributed by atoms with Gasteiger partial charge in [-0.25, -0.2) is 9.38 Å². The SMILES string of the molecule is CC(C)(C)c1ccc(OCCCOc2ccc(/C=c3/sc4nc5ccccc5n4c3=O)cc2)cc1. The molecule has 0 atom stereocenters. The first-order chi connectivity index (χ1) is 16.9. The van der Waals surface area contributed by atoms with Crippen LogP contribution in [0.1, 0.15) is 38.3 Å². The second-order valence-corrected chi connectivity index (χ2v) is 10.5. The van der Waals surface area contributed by atoms with Crippen molar-refractivity contribution >= 4 is 33.4 Å². The molecule has 0 aliphatic rings. The van der Waals surface area contributed by atoms with Gasteiger partial charge in [0.25, 0.3) is 5.56 Å². The van der Waals surface area contributed by atoms with E-state index < -0.39 is 0 Å². The Morgan fingerprint density at radius 3 is 2.17 bits per heavy atom. The zero-order chi connectivity index (χ0) is 24.4. The summed E-state index contributed by atoms with van der Waals surface area (Å²) in [5, 5.41) is 0. The molecule has 2 heterocycles. The summed E-state index contributed by atoms with van der Waals surface area (Å²) in [6, 6.07) is 23.8. The van der Waals surface area contributed by atoms with Gasteiger partial charge in [-0.2, -0.15) is 0 Å². The van der Waals surface area contributed by atoms with Gasteiger partial charge >= 0.3 is 0 Å². The number of hydrogen-bond donors (Lipinski definition) is 0. The molecule has 6 heteroatoms. The first-order valence-electron chi connectivity index (χ1n) is 11.8. The predicted octanol–water partition coefficient (Wildman–Crippen LogP) is 5.60. The monoisotopic (exact) mass is 484 g/mol. The maximum absolute atomic E-state index is 12.9. The van der Waals surface area contributed by atoms with Gasteiger partial charge in [-0.3, -0.25) is 4.79 Å². The van der Waals surface area contributed by atoms with Crippen molar-refractivity contribution in [1.82, 2.24) is 9.38 Å². The third-order valence-electron chi connectivity index (χ3n) is 5.87. The third-order valence-corrected chi connectivity index (χ3v) is 6.84. The Balaban J connectivity index is 1.16. The maximum atomic E-state index is 12.9. The fraction of sp³-hybridized carbons (Fsp3) is 0.241. The fourth-order valence-corrected chi connectivity index (χ4v) is 4.90. The van der Waals surface area contributed by atoms with Crippen molar-refractivity contribution in [2.24, 2.45) is 0 Å². The zero-order valence-electron chi connectivity index (χ0n) is 20.2. The number of imidazole rings is 1. The molecule has 35 heavy (non-hydrogen) atoms.